The van der Waals surface area contributed by atoms with Crippen molar-refractivity contribution in [2.24, 2.45) is 5.73 Å². The zero-order chi connectivity index (χ0) is 14.8. The van der Waals surface area contributed by atoms with Gasteiger partial charge in [0.2, 0.25) is 10.0 Å². The Bertz CT molecular complexity index is 564. The Morgan fingerprint density at radius 2 is 2.00 bits per heavy atom. The average Bonchev–Trinajstić information content (AvgIpc) is 2.38. The van der Waals surface area contributed by atoms with Crippen LogP contribution < -0.4 is 10.5 Å². The van der Waals surface area contributed by atoms with Crippen LogP contribution in [-0.4, -0.2) is 39.5 Å². The third-order valence-corrected chi connectivity index (χ3v) is 5.48. The van der Waals surface area contributed by atoms with Gasteiger partial charge in [-0.05, 0) is 31.5 Å². The molecular weight excluding hydrogens is 323 g/mol. The lowest BCUT2D eigenvalue weighted by Gasteiger charge is -2.24. The van der Waals surface area contributed by atoms with E-state index in [4.69, 9.17) is 22.1 Å². The molecule has 0 fully saturated rings. The van der Waals surface area contributed by atoms with Crippen molar-refractivity contribution in [1.29, 1.82) is 0 Å². The Hall–Kier alpha value is -0.530. The van der Waals surface area contributed by atoms with Crippen LogP contribution in [0.4, 0.5) is 0 Å². The van der Waals surface area contributed by atoms with Gasteiger partial charge >= 0.3 is 0 Å². The van der Waals surface area contributed by atoms with Gasteiger partial charge in [-0.15, -0.1) is 12.4 Å². The van der Waals surface area contributed by atoms with Gasteiger partial charge in [0.15, 0.2) is 0 Å². The highest BCUT2D eigenvalue weighted by Gasteiger charge is 2.27. The molecule has 8 heteroatoms. The molecule has 0 spiro atoms. The second kappa shape index (κ2) is 7.47. The first-order valence-corrected chi connectivity index (χ1v) is 7.59. The third kappa shape index (κ3) is 3.77. The summed E-state index contributed by atoms with van der Waals surface area (Å²) in [6.07, 6.45) is 0. The highest BCUT2D eigenvalue weighted by molar-refractivity contribution is 7.89. The average molecular weight is 343 g/mol. The van der Waals surface area contributed by atoms with E-state index in [0.29, 0.717) is 11.3 Å². The first-order valence-electron chi connectivity index (χ1n) is 5.78. The van der Waals surface area contributed by atoms with Crippen molar-refractivity contribution < 1.29 is 13.2 Å². The lowest BCUT2D eigenvalue weighted by molar-refractivity contribution is 0.393. The monoisotopic (exact) mass is 342 g/mol. The molecule has 0 aliphatic carbocycles. The molecule has 20 heavy (non-hydrogen) atoms. The zero-order valence-electron chi connectivity index (χ0n) is 11.9. The predicted molar refractivity (Wildman–Crippen MR) is 83.5 cm³/mol. The molecule has 0 amide bonds. The van der Waals surface area contributed by atoms with Gasteiger partial charge in [0.25, 0.3) is 0 Å². The molecule has 1 aromatic rings. The van der Waals surface area contributed by atoms with E-state index in [2.05, 4.69) is 0 Å². The smallest absolute Gasteiger partial charge is 0.243 e. The molecule has 0 aromatic heterocycles. The number of halogens is 2. The summed E-state index contributed by atoms with van der Waals surface area (Å²) in [4.78, 5) is 0.168. The third-order valence-electron chi connectivity index (χ3n) is 3.07. The van der Waals surface area contributed by atoms with E-state index in [1.54, 1.807) is 19.9 Å². The Labute approximate surface area is 131 Å². The van der Waals surface area contributed by atoms with Crippen LogP contribution in [-0.2, 0) is 10.0 Å². The van der Waals surface area contributed by atoms with Crippen LogP contribution >= 0.6 is 24.0 Å². The number of nitrogens with zero attached hydrogens (tertiary/aromatic N) is 1. The van der Waals surface area contributed by atoms with E-state index < -0.39 is 10.0 Å². The summed E-state index contributed by atoms with van der Waals surface area (Å²) in [7, 11) is -0.627. The van der Waals surface area contributed by atoms with Gasteiger partial charge in [-0.25, -0.2) is 8.42 Å². The molecule has 0 aliphatic rings. The van der Waals surface area contributed by atoms with Crippen LogP contribution in [0.3, 0.4) is 0 Å². The number of aryl methyl sites for hydroxylation is 1. The second-order valence-electron chi connectivity index (χ2n) is 4.36. The number of ether oxygens (including phenoxy) is 1. The fourth-order valence-corrected chi connectivity index (χ4v) is 3.52. The number of sulfonamides is 1. The number of benzene rings is 1. The van der Waals surface area contributed by atoms with Gasteiger partial charge in [0.1, 0.15) is 5.75 Å². The fraction of sp³-hybridized carbons (Fsp3) is 0.500. The number of rotatable bonds is 5. The fourth-order valence-electron chi connectivity index (χ4n) is 1.61. The van der Waals surface area contributed by atoms with Crippen molar-refractivity contribution in [3.8, 4) is 5.75 Å². The summed E-state index contributed by atoms with van der Waals surface area (Å²) in [6.45, 7) is 3.70. The second-order valence-corrected chi connectivity index (χ2v) is 6.73. The summed E-state index contributed by atoms with van der Waals surface area (Å²) in [5.74, 6) is 0.452. The van der Waals surface area contributed by atoms with E-state index >= 15 is 0 Å². The van der Waals surface area contributed by atoms with Crippen LogP contribution in [0.15, 0.2) is 17.0 Å². The molecule has 1 rings (SSSR count). The molecule has 2 N–H and O–H groups in total. The maximum atomic E-state index is 12.5. The van der Waals surface area contributed by atoms with Crippen molar-refractivity contribution in [2.75, 3.05) is 20.7 Å². The van der Waals surface area contributed by atoms with Crippen molar-refractivity contribution in [3.05, 3.63) is 22.7 Å². The molecule has 1 unspecified atom stereocenters. The molecule has 0 bridgehead atoms. The highest BCUT2D eigenvalue weighted by atomic mass is 35.5. The Kier molecular flexibility index (Phi) is 7.27. The van der Waals surface area contributed by atoms with Crippen LogP contribution in [0.5, 0.6) is 5.75 Å². The summed E-state index contributed by atoms with van der Waals surface area (Å²) in [6, 6.07) is 2.73. The van der Waals surface area contributed by atoms with Crippen LogP contribution in [0.2, 0.25) is 5.02 Å². The minimum absolute atomic E-state index is 0. The van der Waals surface area contributed by atoms with E-state index in [9.17, 15) is 8.42 Å². The first-order chi connectivity index (χ1) is 8.75. The van der Waals surface area contributed by atoms with Crippen molar-refractivity contribution in [3.63, 3.8) is 0 Å². The summed E-state index contributed by atoms with van der Waals surface area (Å²) >= 11 is 5.99. The number of likely N-dealkylation sites (N-methyl/N-ethyl adjacent to an activating group) is 1. The van der Waals surface area contributed by atoms with Crippen molar-refractivity contribution in [1.82, 2.24) is 4.31 Å². The molecular formula is C12H20Cl2N2O3S. The van der Waals surface area contributed by atoms with E-state index in [0.717, 1.165) is 0 Å². The first kappa shape index (κ1) is 19.5. The van der Waals surface area contributed by atoms with E-state index in [1.807, 2.05) is 0 Å². The lowest BCUT2D eigenvalue weighted by atomic mass is 10.2. The molecule has 0 saturated carbocycles. The summed E-state index contributed by atoms with van der Waals surface area (Å²) in [5.41, 5.74) is 6.09. The Morgan fingerprint density at radius 1 is 1.45 bits per heavy atom. The van der Waals surface area contributed by atoms with Gasteiger partial charge < -0.3 is 10.5 Å². The summed E-state index contributed by atoms with van der Waals surface area (Å²) in [5, 5.41) is 0.264. The maximum absolute atomic E-state index is 12.5. The standard InChI is InChI=1S/C12H19ClN2O3S.ClH/c1-8-5-11(18-4)10(13)6-12(8)19(16,17)15(3)9(2)7-14;/h5-6,9H,7,14H2,1-4H3;1H. The van der Waals surface area contributed by atoms with Gasteiger partial charge in [-0.2, -0.15) is 4.31 Å². The number of nitrogens with two attached hydrogens (primary N) is 1. The minimum Gasteiger partial charge on any atom is -0.495 e. The lowest BCUT2D eigenvalue weighted by Crippen LogP contribution is -2.39. The maximum Gasteiger partial charge on any atom is 0.243 e. The molecule has 116 valence electrons. The van der Waals surface area contributed by atoms with Crippen LogP contribution in [0.1, 0.15) is 12.5 Å². The van der Waals surface area contributed by atoms with Crippen molar-refractivity contribution in [2.45, 2.75) is 24.8 Å². The highest BCUT2D eigenvalue weighted by Crippen LogP contribution is 2.31. The van der Waals surface area contributed by atoms with Gasteiger partial charge in [0, 0.05) is 19.6 Å². The number of methoxy groups -OCH3 is 1. The molecule has 1 atom stereocenters. The quantitative estimate of drug-likeness (QED) is 0.888. The zero-order valence-corrected chi connectivity index (χ0v) is 14.3. The van der Waals surface area contributed by atoms with Gasteiger partial charge in [-0.3, -0.25) is 0 Å². The number of hydrogen-bond acceptors (Lipinski definition) is 4. The van der Waals surface area contributed by atoms with Gasteiger partial charge in [-0.1, -0.05) is 11.6 Å². The molecule has 0 saturated heterocycles. The van der Waals surface area contributed by atoms with Crippen LogP contribution in [0, 0.1) is 6.92 Å². The normalized spacial score (nSPS) is 12.9. The molecule has 0 radical (unpaired) electrons. The minimum atomic E-state index is -3.62. The number of hydrogen-bond donors (Lipinski definition) is 1. The topological polar surface area (TPSA) is 72.6 Å². The van der Waals surface area contributed by atoms with Gasteiger partial charge in [0.05, 0.1) is 17.0 Å². The van der Waals surface area contributed by atoms with Crippen LogP contribution in [0.25, 0.3) is 0 Å². The van der Waals surface area contributed by atoms with E-state index in [1.165, 1.54) is 24.5 Å². The Morgan fingerprint density at radius 3 is 2.45 bits per heavy atom. The Balaban J connectivity index is 0.00000361. The molecule has 1 aromatic carbocycles. The SMILES string of the molecule is COc1cc(C)c(S(=O)(=O)N(C)C(C)CN)cc1Cl.Cl. The predicted octanol–water partition coefficient (Wildman–Crippen LogP) is 2.05. The molecule has 0 aliphatic heterocycles. The molecule has 0 heterocycles. The van der Waals surface area contributed by atoms with E-state index in [-0.39, 0.29) is 34.9 Å². The molecule has 5 nitrogen and oxygen atoms in total. The summed E-state index contributed by atoms with van der Waals surface area (Å²) < 4.78 is 31.3. The largest absolute Gasteiger partial charge is 0.495 e. The van der Waals surface area contributed by atoms with Crippen molar-refractivity contribution >= 4 is 34.0 Å².